The minimum Gasteiger partial charge on any atom is -0.454 e. The normalized spacial score (nSPS) is 11.8. The molecule has 0 spiro atoms. The third kappa shape index (κ3) is 3.75. The number of aromatic nitrogens is 2. The fourth-order valence-electron chi connectivity index (χ4n) is 2.39. The number of nitrogens with two attached hydrogens (primary N) is 1. The molecule has 2 aromatic carbocycles. The van der Waals surface area contributed by atoms with E-state index in [1.807, 2.05) is 12.1 Å². The zero-order valence-corrected chi connectivity index (χ0v) is 14.6. The fourth-order valence-corrected chi connectivity index (χ4v) is 2.57. The van der Waals surface area contributed by atoms with Crippen molar-refractivity contribution in [3.63, 3.8) is 0 Å². The fraction of sp³-hybridized carbons (Fsp3) is 0.176. The Balaban J connectivity index is 0.000000158. The summed E-state index contributed by atoms with van der Waals surface area (Å²) in [5.41, 5.74) is 7.28. The lowest BCUT2D eigenvalue weighted by Gasteiger charge is -2.00. The maximum absolute atomic E-state index is 10.5. The molecule has 0 fully saturated rings. The third-order valence-corrected chi connectivity index (χ3v) is 3.91. The van der Waals surface area contributed by atoms with Crippen molar-refractivity contribution in [1.29, 1.82) is 0 Å². The number of rotatable bonds is 2. The van der Waals surface area contributed by atoms with Crippen molar-refractivity contribution in [1.82, 2.24) is 9.97 Å². The number of fused-ring (bicyclic) bond motifs is 2. The summed E-state index contributed by atoms with van der Waals surface area (Å²) in [5.74, 6) is 1.88. The molecule has 2 heterocycles. The molecule has 2 N–H and O–H groups in total. The van der Waals surface area contributed by atoms with E-state index in [2.05, 4.69) is 23.0 Å². The molecular weight excluding hydrogens is 360 g/mol. The Hall–Kier alpha value is -3.13. The second-order valence-corrected chi connectivity index (χ2v) is 5.72. The van der Waals surface area contributed by atoms with Gasteiger partial charge in [0.05, 0.1) is 10.4 Å². The SMILES string of the molecule is CCc1ccc2c(c1)OCO2.Nc1nc(Cl)nc2ccc([N+](=O)[O-])cc12. The standard InChI is InChI=1S/C9H10O2.C8H5ClN4O2/c1-2-7-3-4-8-9(5-7)11-6-10-8;9-8-11-6-2-1-4(13(14)15)3-5(6)7(10)12-8/h3-5H,2,6H2,1H3;1-3H,(H2,10,11,12). The van der Waals surface area contributed by atoms with E-state index in [0.717, 1.165) is 17.9 Å². The highest BCUT2D eigenvalue weighted by Crippen LogP contribution is 2.32. The van der Waals surface area contributed by atoms with Crippen molar-refractivity contribution in [3.8, 4) is 11.5 Å². The van der Waals surface area contributed by atoms with Crippen LogP contribution in [0.2, 0.25) is 5.28 Å². The first kappa shape index (κ1) is 17.7. The van der Waals surface area contributed by atoms with E-state index in [9.17, 15) is 10.1 Å². The van der Waals surface area contributed by atoms with Crippen LogP contribution in [0.1, 0.15) is 12.5 Å². The number of hydrogen-bond acceptors (Lipinski definition) is 7. The van der Waals surface area contributed by atoms with E-state index in [0.29, 0.717) is 17.7 Å². The monoisotopic (exact) mass is 374 g/mol. The molecule has 1 aliphatic heterocycles. The molecular formula is C17H15ClN4O4. The summed E-state index contributed by atoms with van der Waals surface area (Å²) >= 11 is 5.59. The van der Waals surface area contributed by atoms with E-state index in [1.54, 1.807) is 0 Å². The molecule has 26 heavy (non-hydrogen) atoms. The number of anilines is 1. The van der Waals surface area contributed by atoms with Crippen LogP contribution < -0.4 is 15.2 Å². The molecule has 0 saturated carbocycles. The molecule has 1 aliphatic rings. The van der Waals surface area contributed by atoms with Crippen molar-refractivity contribution in [3.05, 3.63) is 57.4 Å². The number of nitro benzene ring substituents is 1. The maximum Gasteiger partial charge on any atom is 0.270 e. The molecule has 0 amide bonds. The predicted octanol–water partition coefficient (Wildman–Crippen LogP) is 3.75. The quantitative estimate of drug-likeness (QED) is 0.412. The van der Waals surface area contributed by atoms with Crippen LogP contribution in [0, 0.1) is 10.1 Å². The first-order chi connectivity index (χ1) is 12.5. The topological polar surface area (TPSA) is 113 Å². The van der Waals surface area contributed by atoms with Gasteiger partial charge in [-0.1, -0.05) is 13.0 Å². The average Bonchev–Trinajstić information content (AvgIpc) is 3.09. The van der Waals surface area contributed by atoms with E-state index < -0.39 is 4.92 Å². The van der Waals surface area contributed by atoms with Gasteiger partial charge in [-0.3, -0.25) is 10.1 Å². The van der Waals surface area contributed by atoms with E-state index >= 15 is 0 Å². The molecule has 0 aliphatic carbocycles. The minimum absolute atomic E-state index is 0.0221. The maximum atomic E-state index is 10.5. The summed E-state index contributed by atoms with van der Waals surface area (Å²) in [6.45, 7) is 2.49. The van der Waals surface area contributed by atoms with Gasteiger partial charge in [-0.25, -0.2) is 9.97 Å². The summed E-state index contributed by atoms with van der Waals surface area (Å²) in [6, 6.07) is 10.2. The van der Waals surface area contributed by atoms with E-state index in [-0.39, 0.29) is 16.8 Å². The highest BCUT2D eigenvalue weighted by Gasteiger charge is 2.12. The molecule has 4 rings (SSSR count). The Kier molecular flexibility index (Phi) is 5.04. The van der Waals surface area contributed by atoms with Gasteiger partial charge in [-0.05, 0) is 41.8 Å². The van der Waals surface area contributed by atoms with Crippen LogP contribution in [0.5, 0.6) is 11.5 Å². The van der Waals surface area contributed by atoms with Crippen molar-refractivity contribution >= 4 is 34.0 Å². The van der Waals surface area contributed by atoms with Gasteiger partial charge in [0, 0.05) is 17.5 Å². The molecule has 0 radical (unpaired) electrons. The zero-order valence-electron chi connectivity index (χ0n) is 13.8. The zero-order chi connectivity index (χ0) is 18.7. The van der Waals surface area contributed by atoms with Crippen molar-refractivity contribution in [2.45, 2.75) is 13.3 Å². The molecule has 9 heteroatoms. The number of halogens is 1. The van der Waals surface area contributed by atoms with Crippen LogP contribution in [0.25, 0.3) is 10.9 Å². The predicted molar refractivity (Wildman–Crippen MR) is 97.6 cm³/mol. The van der Waals surface area contributed by atoms with Crippen molar-refractivity contribution in [2.24, 2.45) is 0 Å². The Labute approximate surface area is 153 Å². The number of non-ortho nitro benzene ring substituents is 1. The smallest absolute Gasteiger partial charge is 0.270 e. The first-order valence-corrected chi connectivity index (χ1v) is 8.11. The Morgan fingerprint density at radius 1 is 1.19 bits per heavy atom. The summed E-state index contributed by atoms with van der Waals surface area (Å²) < 4.78 is 10.4. The van der Waals surface area contributed by atoms with Gasteiger partial charge in [0.2, 0.25) is 12.1 Å². The van der Waals surface area contributed by atoms with Gasteiger partial charge >= 0.3 is 0 Å². The van der Waals surface area contributed by atoms with Crippen LogP contribution in [-0.4, -0.2) is 21.7 Å². The molecule has 0 saturated heterocycles. The van der Waals surface area contributed by atoms with E-state index in [4.69, 9.17) is 26.8 Å². The summed E-state index contributed by atoms with van der Waals surface area (Å²) in [5, 5.41) is 11.0. The Morgan fingerprint density at radius 2 is 1.96 bits per heavy atom. The lowest BCUT2D eigenvalue weighted by molar-refractivity contribution is -0.384. The molecule has 0 atom stereocenters. The van der Waals surface area contributed by atoms with Gasteiger partial charge in [-0.2, -0.15) is 0 Å². The molecule has 8 nitrogen and oxygen atoms in total. The van der Waals surface area contributed by atoms with Gasteiger partial charge in [-0.15, -0.1) is 0 Å². The van der Waals surface area contributed by atoms with Gasteiger partial charge < -0.3 is 15.2 Å². The number of ether oxygens (including phenoxy) is 2. The van der Waals surface area contributed by atoms with Crippen molar-refractivity contribution in [2.75, 3.05) is 12.5 Å². The first-order valence-electron chi connectivity index (χ1n) is 7.73. The lowest BCUT2D eigenvalue weighted by atomic mass is 10.1. The van der Waals surface area contributed by atoms with Crippen LogP contribution in [0.3, 0.4) is 0 Å². The van der Waals surface area contributed by atoms with E-state index in [1.165, 1.54) is 23.8 Å². The van der Waals surface area contributed by atoms with Gasteiger partial charge in [0.25, 0.3) is 5.69 Å². The number of hydrogen-bond donors (Lipinski definition) is 1. The molecule has 1 aromatic heterocycles. The number of nitrogens with zero attached hydrogens (tertiary/aromatic N) is 3. The Morgan fingerprint density at radius 3 is 2.69 bits per heavy atom. The number of nitrogen functional groups attached to an aromatic ring is 1. The van der Waals surface area contributed by atoms with Crippen LogP contribution in [0.4, 0.5) is 11.5 Å². The Bertz CT molecular complexity index is 980. The summed E-state index contributed by atoms with van der Waals surface area (Å²) in [4.78, 5) is 17.6. The number of benzene rings is 2. The third-order valence-electron chi connectivity index (χ3n) is 3.74. The van der Waals surface area contributed by atoms with Crippen molar-refractivity contribution < 1.29 is 14.4 Å². The summed E-state index contributed by atoms with van der Waals surface area (Å²) in [6.07, 6.45) is 1.04. The minimum atomic E-state index is -0.506. The summed E-state index contributed by atoms with van der Waals surface area (Å²) in [7, 11) is 0. The van der Waals surface area contributed by atoms with Crippen LogP contribution >= 0.6 is 11.6 Å². The lowest BCUT2D eigenvalue weighted by Crippen LogP contribution is -1.96. The van der Waals surface area contributed by atoms with Gasteiger partial charge in [0.1, 0.15) is 5.82 Å². The molecule has 0 unspecified atom stereocenters. The second-order valence-electron chi connectivity index (χ2n) is 5.38. The highest BCUT2D eigenvalue weighted by atomic mass is 35.5. The highest BCUT2D eigenvalue weighted by molar-refractivity contribution is 6.28. The molecule has 134 valence electrons. The van der Waals surface area contributed by atoms with Crippen LogP contribution in [-0.2, 0) is 6.42 Å². The van der Waals surface area contributed by atoms with Gasteiger partial charge in [0.15, 0.2) is 11.5 Å². The second kappa shape index (κ2) is 7.40. The molecule has 0 bridgehead atoms. The largest absolute Gasteiger partial charge is 0.454 e. The van der Waals surface area contributed by atoms with Crippen LogP contribution in [0.15, 0.2) is 36.4 Å². The molecule has 3 aromatic rings. The average molecular weight is 375 g/mol. The number of nitro groups is 1. The number of aryl methyl sites for hydroxylation is 1.